The summed E-state index contributed by atoms with van der Waals surface area (Å²) in [6.07, 6.45) is 7.20. The third-order valence-electron chi connectivity index (χ3n) is 4.38. The Bertz CT molecular complexity index is 481. The summed E-state index contributed by atoms with van der Waals surface area (Å²) in [6.45, 7) is 0. The fourth-order valence-electron chi connectivity index (χ4n) is 3.31. The van der Waals surface area contributed by atoms with Gasteiger partial charge in [-0.25, -0.2) is 0 Å². The van der Waals surface area contributed by atoms with Crippen LogP contribution >= 0.6 is 0 Å². The zero-order valence-corrected chi connectivity index (χ0v) is 11.1. The van der Waals surface area contributed by atoms with Gasteiger partial charge < -0.3 is 9.84 Å². The Balaban J connectivity index is 1.74. The molecule has 2 unspecified atom stereocenters. The van der Waals surface area contributed by atoms with Gasteiger partial charge >= 0.3 is 5.97 Å². The van der Waals surface area contributed by atoms with Gasteiger partial charge in [0.15, 0.2) is 0 Å². The Morgan fingerprint density at radius 3 is 2.68 bits per heavy atom. The van der Waals surface area contributed by atoms with Crippen LogP contribution in [-0.2, 0) is 17.6 Å². The summed E-state index contributed by atoms with van der Waals surface area (Å²) >= 11 is 0. The van der Waals surface area contributed by atoms with Crippen molar-refractivity contribution in [1.82, 2.24) is 0 Å². The molecule has 1 aromatic rings. The van der Waals surface area contributed by atoms with Crippen LogP contribution in [0.2, 0.25) is 0 Å². The maximum absolute atomic E-state index is 11.2. The van der Waals surface area contributed by atoms with Gasteiger partial charge in [0.05, 0.1) is 5.92 Å². The lowest BCUT2D eigenvalue weighted by Gasteiger charge is -2.21. The average Bonchev–Trinajstić information content (AvgIpc) is 2.87. The summed E-state index contributed by atoms with van der Waals surface area (Å²) in [5.74, 6) is -0.213. The van der Waals surface area contributed by atoms with E-state index in [9.17, 15) is 9.90 Å². The Morgan fingerprint density at radius 2 is 1.89 bits per heavy atom. The second kappa shape index (κ2) is 5.24. The summed E-state index contributed by atoms with van der Waals surface area (Å²) in [4.78, 5) is 11.2. The van der Waals surface area contributed by atoms with Gasteiger partial charge in [0.1, 0.15) is 11.9 Å². The lowest BCUT2D eigenvalue weighted by molar-refractivity contribution is -0.143. The van der Waals surface area contributed by atoms with Crippen LogP contribution < -0.4 is 4.74 Å². The minimum absolute atomic E-state index is 0.154. The molecule has 0 aromatic heterocycles. The van der Waals surface area contributed by atoms with E-state index in [2.05, 4.69) is 12.1 Å². The average molecular weight is 260 g/mol. The minimum atomic E-state index is -0.722. The first kappa shape index (κ1) is 12.5. The molecule has 1 aromatic carbocycles. The first-order valence-electron chi connectivity index (χ1n) is 7.25. The lowest BCUT2D eigenvalue weighted by Crippen LogP contribution is -2.27. The summed E-state index contributed by atoms with van der Waals surface area (Å²) in [5, 5.41) is 9.17. The first-order valence-corrected chi connectivity index (χ1v) is 7.25. The first-order chi connectivity index (χ1) is 9.24. The largest absolute Gasteiger partial charge is 0.490 e. The number of aliphatic carboxylic acids is 1. The van der Waals surface area contributed by atoms with E-state index in [1.807, 2.05) is 6.07 Å². The highest BCUT2D eigenvalue weighted by Gasteiger charge is 2.34. The van der Waals surface area contributed by atoms with Crippen LogP contribution in [0.4, 0.5) is 0 Å². The van der Waals surface area contributed by atoms with Crippen molar-refractivity contribution in [2.75, 3.05) is 0 Å². The van der Waals surface area contributed by atoms with Crippen molar-refractivity contribution in [3.8, 4) is 5.75 Å². The van der Waals surface area contributed by atoms with Crippen molar-refractivity contribution in [3.05, 3.63) is 29.3 Å². The molecule has 0 radical (unpaired) electrons. The molecule has 0 heterocycles. The summed E-state index contributed by atoms with van der Waals surface area (Å²) in [7, 11) is 0. The quantitative estimate of drug-likeness (QED) is 0.907. The van der Waals surface area contributed by atoms with Crippen LogP contribution in [0.25, 0.3) is 0 Å². The number of ether oxygens (including phenoxy) is 1. The van der Waals surface area contributed by atoms with E-state index in [0.29, 0.717) is 0 Å². The van der Waals surface area contributed by atoms with Crippen molar-refractivity contribution in [3.63, 3.8) is 0 Å². The molecular weight excluding hydrogens is 240 g/mol. The molecular formula is C16H20O3. The summed E-state index contributed by atoms with van der Waals surface area (Å²) in [5.41, 5.74) is 2.81. The molecule has 2 atom stereocenters. The van der Waals surface area contributed by atoms with Crippen molar-refractivity contribution in [2.24, 2.45) is 5.92 Å². The van der Waals surface area contributed by atoms with Gasteiger partial charge in [0, 0.05) is 0 Å². The molecule has 1 N–H and O–H groups in total. The zero-order chi connectivity index (χ0) is 13.2. The van der Waals surface area contributed by atoms with E-state index in [1.165, 1.54) is 24.0 Å². The fourth-order valence-corrected chi connectivity index (χ4v) is 3.31. The van der Waals surface area contributed by atoms with E-state index >= 15 is 0 Å². The minimum Gasteiger partial charge on any atom is -0.490 e. The van der Waals surface area contributed by atoms with Crippen LogP contribution in [0.1, 0.15) is 43.2 Å². The molecule has 0 spiro atoms. The van der Waals surface area contributed by atoms with Gasteiger partial charge in [-0.2, -0.15) is 0 Å². The number of benzene rings is 1. The molecule has 2 aliphatic rings. The second-order valence-corrected chi connectivity index (χ2v) is 5.67. The Kier molecular flexibility index (Phi) is 3.45. The fraction of sp³-hybridized carbons (Fsp3) is 0.562. The Labute approximate surface area is 113 Å². The van der Waals surface area contributed by atoms with Crippen LogP contribution in [0, 0.1) is 5.92 Å². The Morgan fingerprint density at radius 1 is 1.11 bits per heavy atom. The molecule has 102 valence electrons. The lowest BCUT2D eigenvalue weighted by atomic mass is 9.92. The number of rotatable bonds is 3. The SMILES string of the molecule is O=C(O)C1CCCC1Oc1ccc2c(c1)CCCC2. The zero-order valence-electron chi connectivity index (χ0n) is 11.1. The van der Waals surface area contributed by atoms with E-state index < -0.39 is 5.97 Å². The molecule has 0 bridgehead atoms. The van der Waals surface area contributed by atoms with Gasteiger partial charge in [0.2, 0.25) is 0 Å². The number of aryl methyl sites for hydroxylation is 2. The molecule has 1 fully saturated rings. The van der Waals surface area contributed by atoms with Crippen molar-refractivity contribution in [1.29, 1.82) is 0 Å². The van der Waals surface area contributed by atoms with Crippen molar-refractivity contribution >= 4 is 5.97 Å². The van der Waals surface area contributed by atoms with Crippen LogP contribution in [0.15, 0.2) is 18.2 Å². The smallest absolute Gasteiger partial charge is 0.310 e. The predicted octanol–water partition coefficient (Wildman–Crippen LogP) is 3.20. The maximum Gasteiger partial charge on any atom is 0.310 e. The Hall–Kier alpha value is -1.51. The van der Waals surface area contributed by atoms with E-state index in [0.717, 1.165) is 37.9 Å². The molecule has 0 aliphatic heterocycles. The van der Waals surface area contributed by atoms with Crippen LogP contribution in [0.3, 0.4) is 0 Å². The number of fused-ring (bicyclic) bond motifs is 1. The van der Waals surface area contributed by atoms with E-state index in [-0.39, 0.29) is 12.0 Å². The van der Waals surface area contributed by atoms with Gasteiger partial charge in [-0.05, 0) is 68.2 Å². The molecule has 3 rings (SSSR count). The van der Waals surface area contributed by atoms with Gasteiger partial charge in [-0.1, -0.05) is 6.07 Å². The van der Waals surface area contributed by atoms with Crippen LogP contribution in [0.5, 0.6) is 5.75 Å². The highest BCUT2D eigenvalue weighted by Crippen LogP contribution is 2.32. The molecule has 19 heavy (non-hydrogen) atoms. The van der Waals surface area contributed by atoms with Crippen LogP contribution in [-0.4, -0.2) is 17.2 Å². The molecule has 0 saturated heterocycles. The second-order valence-electron chi connectivity index (χ2n) is 5.67. The molecule has 0 amide bonds. The van der Waals surface area contributed by atoms with E-state index in [4.69, 9.17) is 4.74 Å². The molecule has 2 aliphatic carbocycles. The van der Waals surface area contributed by atoms with Gasteiger partial charge in [-0.3, -0.25) is 4.79 Å². The maximum atomic E-state index is 11.2. The summed E-state index contributed by atoms with van der Waals surface area (Å²) in [6, 6.07) is 6.27. The number of carboxylic acids is 1. The normalized spacial score (nSPS) is 25.9. The standard InChI is InChI=1S/C16H20O3/c17-16(18)14-6-3-7-15(14)19-13-9-8-11-4-1-2-5-12(11)10-13/h8-10,14-15H,1-7H2,(H,17,18). The number of hydrogen-bond donors (Lipinski definition) is 1. The van der Waals surface area contributed by atoms with Gasteiger partial charge in [-0.15, -0.1) is 0 Å². The number of hydrogen-bond acceptors (Lipinski definition) is 2. The monoisotopic (exact) mass is 260 g/mol. The highest BCUT2D eigenvalue weighted by atomic mass is 16.5. The molecule has 3 nitrogen and oxygen atoms in total. The van der Waals surface area contributed by atoms with E-state index in [1.54, 1.807) is 0 Å². The van der Waals surface area contributed by atoms with Crippen molar-refractivity contribution in [2.45, 2.75) is 51.0 Å². The molecule has 3 heteroatoms. The number of carboxylic acid groups (broad SMARTS) is 1. The van der Waals surface area contributed by atoms with Gasteiger partial charge in [0.25, 0.3) is 0 Å². The topological polar surface area (TPSA) is 46.5 Å². The van der Waals surface area contributed by atoms with Crippen molar-refractivity contribution < 1.29 is 14.6 Å². The molecule has 1 saturated carbocycles. The summed E-state index contributed by atoms with van der Waals surface area (Å²) < 4.78 is 5.93. The predicted molar refractivity (Wildman–Crippen MR) is 72.5 cm³/mol. The third-order valence-corrected chi connectivity index (χ3v) is 4.38. The highest BCUT2D eigenvalue weighted by molar-refractivity contribution is 5.71. The third kappa shape index (κ3) is 2.60. The number of carbonyl (C=O) groups is 1.